The summed E-state index contributed by atoms with van der Waals surface area (Å²) in [7, 11) is 1.95. The highest BCUT2D eigenvalue weighted by molar-refractivity contribution is 7.09. The third kappa shape index (κ3) is 2.45. The van der Waals surface area contributed by atoms with Gasteiger partial charge in [-0.25, -0.2) is 4.98 Å². The van der Waals surface area contributed by atoms with Gasteiger partial charge in [0.1, 0.15) is 5.01 Å². The zero-order chi connectivity index (χ0) is 12.4. The molecule has 3 heterocycles. The summed E-state index contributed by atoms with van der Waals surface area (Å²) in [5.41, 5.74) is 2.11. The number of rotatable bonds is 3. The minimum absolute atomic E-state index is 0.962. The molecule has 6 heteroatoms. The molecule has 96 valence electrons. The molecule has 5 nitrogen and oxygen atoms in total. The van der Waals surface area contributed by atoms with Gasteiger partial charge in [-0.3, -0.25) is 9.58 Å². The molecular weight excluding hydrogens is 246 g/mol. The summed E-state index contributed by atoms with van der Waals surface area (Å²) in [5, 5.41) is 10.9. The lowest BCUT2D eigenvalue weighted by atomic mass is 10.3. The van der Waals surface area contributed by atoms with Crippen molar-refractivity contribution in [3.8, 4) is 11.4 Å². The molecule has 1 N–H and O–H groups in total. The highest BCUT2D eigenvalue weighted by atomic mass is 32.1. The van der Waals surface area contributed by atoms with E-state index in [-0.39, 0.29) is 0 Å². The van der Waals surface area contributed by atoms with Crippen molar-refractivity contribution in [3.05, 3.63) is 22.7 Å². The topological polar surface area (TPSA) is 46.0 Å². The van der Waals surface area contributed by atoms with Gasteiger partial charge in [0.15, 0.2) is 0 Å². The van der Waals surface area contributed by atoms with Crippen molar-refractivity contribution in [1.82, 2.24) is 25.0 Å². The lowest BCUT2D eigenvalue weighted by molar-refractivity contribution is 0.233. The molecule has 1 aliphatic heterocycles. The lowest BCUT2D eigenvalue weighted by Gasteiger charge is -2.26. The Bertz CT molecular complexity index is 512. The molecule has 18 heavy (non-hydrogen) atoms. The second-order valence-corrected chi connectivity index (χ2v) is 5.44. The maximum Gasteiger partial charge on any atom is 0.107 e. The minimum Gasteiger partial charge on any atom is -0.314 e. The average Bonchev–Trinajstić information content (AvgIpc) is 2.99. The standard InChI is InChI=1S/C12H17N5S/c1-16-11(2-3-14-16)10-9-18-12(15-10)8-17-6-4-13-5-7-17/h2-3,9,13H,4-8H2,1H3. The fourth-order valence-electron chi connectivity index (χ4n) is 2.19. The van der Waals surface area contributed by atoms with Gasteiger partial charge in [0.05, 0.1) is 17.9 Å². The van der Waals surface area contributed by atoms with E-state index in [1.165, 1.54) is 5.01 Å². The molecule has 0 radical (unpaired) electrons. The van der Waals surface area contributed by atoms with E-state index in [0.29, 0.717) is 0 Å². The summed E-state index contributed by atoms with van der Waals surface area (Å²) in [6.07, 6.45) is 1.81. The Kier molecular flexibility index (Phi) is 3.40. The van der Waals surface area contributed by atoms with Crippen molar-refractivity contribution in [1.29, 1.82) is 0 Å². The van der Waals surface area contributed by atoms with Crippen LogP contribution in [0.25, 0.3) is 11.4 Å². The molecule has 2 aromatic rings. The van der Waals surface area contributed by atoms with E-state index < -0.39 is 0 Å². The first-order valence-electron chi connectivity index (χ1n) is 6.19. The number of aromatic nitrogens is 3. The minimum atomic E-state index is 0.962. The van der Waals surface area contributed by atoms with Crippen LogP contribution in [0, 0.1) is 0 Å². The van der Waals surface area contributed by atoms with Gasteiger partial charge < -0.3 is 5.32 Å². The Labute approximate surface area is 110 Å². The third-order valence-corrected chi connectivity index (χ3v) is 4.04. The molecule has 0 atom stereocenters. The highest BCUT2D eigenvalue weighted by Crippen LogP contribution is 2.21. The van der Waals surface area contributed by atoms with Crippen molar-refractivity contribution >= 4 is 11.3 Å². The van der Waals surface area contributed by atoms with Gasteiger partial charge in [0.2, 0.25) is 0 Å². The molecule has 0 aliphatic carbocycles. The summed E-state index contributed by atoms with van der Waals surface area (Å²) in [4.78, 5) is 7.15. The Balaban J connectivity index is 1.71. The summed E-state index contributed by atoms with van der Waals surface area (Å²) in [6, 6.07) is 2.00. The normalized spacial score (nSPS) is 17.2. The monoisotopic (exact) mass is 263 g/mol. The lowest BCUT2D eigenvalue weighted by Crippen LogP contribution is -2.42. The van der Waals surface area contributed by atoms with Crippen LogP contribution < -0.4 is 5.32 Å². The fraction of sp³-hybridized carbons (Fsp3) is 0.500. The average molecular weight is 263 g/mol. The van der Waals surface area contributed by atoms with E-state index >= 15 is 0 Å². The zero-order valence-corrected chi connectivity index (χ0v) is 11.3. The Morgan fingerprint density at radius 3 is 2.94 bits per heavy atom. The van der Waals surface area contributed by atoms with Gasteiger partial charge in [-0.1, -0.05) is 0 Å². The van der Waals surface area contributed by atoms with Crippen molar-refractivity contribution in [3.63, 3.8) is 0 Å². The van der Waals surface area contributed by atoms with Crippen LogP contribution >= 0.6 is 11.3 Å². The van der Waals surface area contributed by atoms with Crippen LogP contribution in [0.4, 0.5) is 0 Å². The maximum absolute atomic E-state index is 4.70. The summed E-state index contributed by atoms with van der Waals surface area (Å²) in [5.74, 6) is 0. The molecule has 0 aromatic carbocycles. The summed E-state index contributed by atoms with van der Waals surface area (Å²) < 4.78 is 1.86. The van der Waals surface area contributed by atoms with E-state index in [2.05, 4.69) is 20.7 Å². The van der Waals surface area contributed by atoms with Crippen molar-refractivity contribution in [2.24, 2.45) is 7.05 Å². The molecular formula is C12H17N5S. The molecule has 1 saturated heterocycles. The van der Waals surface area contributed by atoms with Gasteiger partial charge in [-0.2, -0.15) is 5.10 Å². The second-order valence-electron chi connectivity index (χ2n) is 4.49. The Hall–Kier alpha value is -1.24. The number of nitrogens with zero attached hydrogens (tertiary/aromatic N) is 4. The number of aryl methyl sites for hydroxylation is 1. The zero-order valence-electron chi connectivity index (χ0n) is 10.5. The van der Waals surface area contributed by atoms with Crippen LogP contribution in [0.2, 0.25) is 0 Å². The molecule has 0 unspecified atom stereocenters. The first-order chi connectivity index (χ1) is 8.83. The molecule has 1 aliphatic rings. The number of hydrogen-bond acceptors (Lipinski definition) is 5. The number of piperazine rings is 1. The van der Waals surface area contributed by atoms with Crippen LogP contribution in [0.1, 0.15) is 5.01 Å². The maximum atomic E-state index is 4.70. The molecule has 0 spiro atoms. The predicted octanol–water partition coefficient (Wildman–Crippen LogP) is 0.949. The smallest absolute Gasteiger partial charge is 0.107 e. The van der Waals surface area contributed by atoms with Gasteiger partial charge in [-0.15, -0.1) is 11.3 Å². The van der Waals surface area contributed by atoms with Crippen molar-refractivity contribution < 1.29 is 0 Å². The van der Waals surface area contributed by atoms with Gasteiger partial charge >= 0.3 is 0 Å². The van der Waals surface area contributed by atoms with Crippen molar-refractivity contribution in [2.75, 3.05) is 26.2 Å². The number of thiazole rings is 1. The first kappa shape index (κ1) is 11.8. The highest BCUT2D eigenvalue weighted by Gasteiger charge is 2.13. The van der Waals surface area contributed by atoms with Crippen LogP contribution in [-0.2, 0) is 13.6 Å². The SMILES string of the molecule is Cn1nccc1-c1csc(CN2CCNCC2)n1. The van der Waals surface area contributed by atoms with E-state index in [1.807, 2.05) is 24.0 Å². The van der Waals surface area contributed by atoms with Crippen LogP contribution in [0.15, 0.2) is 17.6 Å². The van der Waals surface area contributed by atoms with Crippen LogP contribution in [-0.4, -0.2) is 45.8 Å². The van der Waals surface area contributed by atoms with Gasteiger partial charge in [-0.05, 0) is 6.07 Å². The third-order valence-electron chi connectivity index (χ3n) is 3.20. The Morgan fingerprint density at radius 1 is 1.39 bits per heavy atom. The van der Waals surface area contributed by atoms with Crippen molar-refractivity contribution in [2.45, 2.75) is 6.54 Å². The second kappa shape index (κ2) is 5.17. The van der Waals surface area contributed by atoms with Gasteiger partial charge in [0.25, 0.3) is 0 Å². The molecule has 2 aromatic heterocycles. The predicted molar refractivity (Wildman–Crippen MR) is 72.5 cm³/mol. The van der Waals surface area contributed by atoms with E-state index in [0.717, 1.165) is 44.1 Å². The number of nitrogens with one attached hydrogen (secondary N) is 1. The quantitative estimate of drug-likeness (QED) is 0.895. The van der Waals surface area contributed by atoms with Crippen LogP contribution in [0.3, 0.4) is 0 Å². The summed E-state index contributed by atoms with van der Waals surface area (Å²) >= 11 is 1.74. The van der Waals surface area contributed by atoms with Crippen LogP contribution in [0.5, 0.6) is 0 Å². The fourth-order valence-corrected chi connectivity index (χ4v) is 3.02. The summed E-state index contributed by atoms with van der Waals surface area (Å²) in [6.45, 7) is 5.35. The number of hydrogen-bond donors (Lipinski definition) is 1. The van der Waals surface area contributed by atoms with E-state index in [9.17, 15) is 0 Å². The molecule has 0 amide bonds. The Morgan fingerprint density at radius 2 is 2.22 bits per heavy atom. The molecule has 3 rings (SSSR count). The van der Waals surface area contributed by atoms with E-state index in [4.69, 9.17) is 4.98 Å². The molecule has 0 saturated carbocycles. The first-order valence-corrected chi connectivity index (χ1v) is 7.07. The van der Waals surface area contributed by atoms with E-state index in [1.54, 1.807) is 11.3 Å². The molecule has 0 bridgehead atoms. The van der Waals surface area contributed by atoms with Gasteiger partial charge in [0, 0.05) is 44.8 Å². The largest absolute Gasteiger partial charge is 0.314 e. The molecule has 1 fully saturated rings.